The fourth-order valence-corrected chi connectivity index (χ4v) is 4.02. The molecule has 0 bridgehead atoms. The molecule has 0 aliphatic carbocycles. The Balaban J connectivity index is 1.73. The zero-order valence-electron chi connectivity index (χ0n) is 16.7. The van der Waals surface area contributed by atoms with Gasteiger partial charge in [0.2, 0.25) is 0 Å². The first-order valence-electron chi connectivity index (χ1n) is 9.92. The topological polar surface area (TPSA) is 83.8 Å². The lowest BCUT2D eigenvalue weighted by Gasteiger charge is -2.35. The Hall–Kier alpha value is -3.22. The van der Waals surface area contributed by atoms with E-state index in [0.717, 1.165) is 25.1 Å². The number of nitrogens with zero attached hydrogens (tertiary/aromatic N) is 1. The van der Waals surface area contributed by atoms with Crippen LogP contribution in [0.3, 0.4) is 0 Å². The number of aryl methyl sites for hydroxylation is 2. The highest BCUT2D eigenvalue weighted by Gasteiger charge is 2.36. The van der Waals surface area contributed by atoms with Gasteiger partial charge in [-0.2, -0.15) is 0 Å². The van der Waals surface area contributed by atoms with E-state index in [0.29, 0.717) is 23.6 Å². The lowest BCUT2D eigenvalue weighted by molar-refractivity contribution is -0.139. The van der Waals surface area contributed by atoms with Crippen molar-refractivity contribution in [2.45, 2.75) is 32.7 Å². The molecule has 7 heteroatoms. The Morgan fingerprint density at radius 2 is 2.21 bits per heavy atom. The van der Waals surface area contributed by atoms with E-state index in [1.54, 1.807) is 19.1 Å². The lowest BCUT2D eigenvalue weighted by Crippen LogP contribution is -2.49. The van der Waals surface area contributed by atoms with E-state index in [-0.39, 0.29) is 12.6 Å². The summed E-state index contributed by atoms with van der Waals surface area (Å²) in [5.74, 6) is 0.0348. The molecular formula is C22H25N3O4. The number of rotatable bonds is 5. The van der Waals surface area contributed by atoms with Crippen molar-refractivity contribution in [1.82, 2.24) is 10.6 Å². The molecule has 2 aliphatic heterocycles. The Labute approximate surface area is 169 Å². The zero-order chi connectivity index (χ0) is 20.4. The summed E-state index contributed by atoms with van der Waals surface area (Å²) in [5, 5.41) is 5.61. The summed E-state index contributed by atoms with van der Waals surface area (Å²) >= 11 is 0. The fourth-order valence-electron chi connectivity index (χ4n) is 4.02. The van der Waals surface area contributed by atoms with Crippen LogP contribution in [0.15, 0.2) is 52.3 Å². The number of benzene rings is 1. The van der Waals surface area contributed by atoms with E-state index >= 15 is 0 Å². The molecule has 1 atom stereocenters. The van der Waals surface area contributed by atoms with Crippen LogP contribution in [-0.2, 0) is 16.0 Å². The SMILES string of the molecule is CCOC(=O)C1=C(CN2CCCc3cc(C)ccc32)NC(=O)NC1c1ccco1. The number of nitrogens with one attached hydrogen (secondary N) is 2. The molecule has 2 aliphatic rings. The Morgan fingerprint density at radius 1 is 1.34 bits per heavy atom. The normalized spacial score (nSPS) is 18.8. The number of carbonyl (C=O) groups excluding carboxylic acids is 2. The third-order valence-electron chi connectivity index (χ3n) is 5.28. The molecule has 29 heavy (non-hydrogen) atoms. The molecule has 3 heterocycles. The third-order valence-corrected chi connectivity index (χ3v) is 5.28. The first-order valence-corrected chi connectivity index (χ1v) is 9.92. The number of furan rings is 1. The third kappa shape index (κ3) is 3.85. The minimum atomic E-state index is -0.685. The number of ether oxygens (including phenoxy) is 1. The van der Waals surface area contributed by atoms with E-state index in [1.807, 2.05) is 0 Å². The molecule has 1 unspecified atom stereocenters. The van der Waals surface area contributed by atoms with Crippen LogP contribution in [0.2, 0.25) is 0 Å². The summed E-state index contributed by atoms with van der Waals surface area (Å²) in [7, 11) is 0. The second-order valence-electron chi connectivity index (χ2n) is 7.32. The maximum Gasteiger partial charge on any atom is 0.338 e. The minimum Gasteiger partial charge on any atom is -0.467 e. The van der Waals surface area contributed by atoms with Crippen molar-refractivity contribution in [3.63, 3.8) is 0 Å². The van der Waals surface area contributed by atoms with Gasteiger partial charge in [0.1, 0.15) is 11.8 Å². The number of amides is 2. The van der Waals surface area contributed by atoms with Crippen LogP contribution in [0.1, 0.15) is 36.3 Å². The number of fused-ring (bicyclic) bond motifs is 1. The van der Waals surface area contributed by atoms with Crippen LogP contribution in [-0.4, -0.2) is 31.7 Å². The first-order chi connectivity index (χ1) is 14.1. The number of hydrogen-bond donors (Lipinski definition) is 2. The predicted molar refractivity (Wildman–Crippen MR) is 108 cm³/mol. The predicted octanol–water partition coefficient (Wildman–Crippen LogP) is 3.21. The van der Waals surface area contributed by atoms with Gasteiger partial charge in [-0.3, -0.25) is 0 Å². The average Bonchev–Trinajstić information content (AvgIpc) is 3.22. The van der Waals surface area contributed by atoms with Gasteiger partial charge in [-0.1, -0.05) is 17.7 Å². The van der Waals surface area contributed by atoms with Gasteiger partial charge in [-0.05, 0) is 50.5 Å². The summed E-state index contributed by atoms with van der Waals surface area (Å²) in [6, 6.07) is 8.83. The number of hydrogen-bond acceptors (Lipinski definition) is 5. The molecule has 152 valence electrons. The van der Waals surface area contributed by atoms with Crippen LogP contribution in [0.4, 0.5) is 10.5 Å². The van der Waals surface area contributed by atoms with Gasteiger partial charge in [0.15, 0.2) is 0 Å². The Bertz CT molecular complexity index is 949. The summed E-state index contributed by atoms with van der Waals surface area (Å²) in [5.41, 5.74) is 4.57. The van der Waals surface area contributed by atoms with E-state index in [2.05, 4.69) is 40.7 Å². The van der Waals surface area contributed by atoms with Gasteiger partial charge in [-0.15, -0.1) is 0 Å². The Morgan fingerprint density at radius 3 is 2.97 bits per heavy atom. The van der Waals surface area contributed by atoms with Crippen LogP contribution < -0.4 is 15.5 Å². The average molecular weight is 395 g/mol. The van der Waals surface area contributed by atoms with E-state index in [9.17, 15) is 9.59 Å². The summed E-state index contributed by atoms with van der Waals surface area (Å²) in [6.45, 7) is 5.36. The number of urea groups is 1. The van der Waals surface area contributed by atoms with Crippen LogP contribution in [0.25, 0.3) is 0 Å². The van der Waals surface area contributed by atoms with Gasteiger partial charge in [-0.25, -0.2) is 9.59 Å². The first kappa shape index (κ1) is 19.1. The highest BCUT2D eigenvalue weighted by atomic mass is 16.5. The largest absolute Gasteiger partial charge is 0.467 e. The van der Waals surface area contributed by atoms with Gasteiger partial charge in [0, 0.05) is 12.2 Å². The van der Waals surface area contributed by atoms with Crippen molar-refractivity contribution in [2.24, 2.45) is 0 Å². The van der Waals surface area contributed by atoms with Crippen molar-refractivity contribution in [1.29, 1.82) is 0 Å². The van der Waals surface area contributed by atoms with Gasteiger partial charge in [0.25, 0.3) is 0 Å². The smallest absolute Gasteiger partial charge is 0.338 e. The highest BCUT2D eigenvalue weighted by Crippen LogP contribution is 2.32. The molecule has 1 aromatic carbocycles. The maximum absolute atomic E-state index is 12.8. The van der Waals surface area contributed by atoms with Crippen LogP contribution in [0, 0.1) is 6.92 Å². The molecule has 7 nitrogen and oxygen atoms in total. The van der Waals surface area contributed by atoms with E-state index in [4.69, 9.17) is 9.15 Å². The zero-order valence-corrected chi connectivity index (χ0v) is 16.7. The molecular weight excluding hydrogens is 370 g/mol. The maximum atomic E-state index is 12.8. The summed E-state index contributed by atoms with van der Waals surface area (Å²) in [6.07, 6.45) is 3.57. The lowest BCUT2D eigenvalue weighted by atomic mass is 9.97. The van der Waals surface area contributed by atoms with Crippen molar-refractivity contribution in [2.75, 3.05) is 24.6 Å². The monoisotopic (exact) mass is 395 g/mol. The standard InChI is InChI=1S/C22H25N3O4/c1-3-28-21(26)19-16(23-22(27)24-20(19)18-7-5-11-29-18)13-25-10-4-6-15-12-14(2)8-9-17(15)25/h5,7-9,11-12,20H,3-4,6,10,13H2,1-2H3,(H2,23,24,27). The molecule has 2 N–H and O–H groups in total. The summed E-state index contributed by atoms with van der Waals surface area (Å²) < 4.78 is 10.8. The highest BCUT2D eigenvalue weighted by molar-refractivity contribution is 5.95. The van der Waals surface area contributed by atoms with Crippen molar-refractivity contribution in [3.8, 4) is 0 Å². The van der Waals surface area contributed by atoms with E-state index < -0.39 is 12.0 Å². The molecule has 0 spiro atoms. The second kappa shape index (κ2) is 8.03. The molecule has 0 fully saturated rings. The van der Waals surface area contributed by atoms with Gasteiger partial charge >= 0.3 is 12.0 Å². The van der Waals surface area contributed by atoms with Crippen molar-refractivity contribution < 1.29 is 18.7 Å². The summed E-state index contributed by atoms with van der Waals surface area (Å²) in [4.78, 5) is 27.4. The van der Waals surface area contributed by atoms with Crippen molar-refractivity contribution >= 4 is 17.7 Å². The van der Waals surface area contributed by atoms with Gasteiger partial charge in [0.05, 0.1) is 30.7 Å². The molecule has 0 saturated heterocycles. The fraction of sp³-hybridized carbons (Fsp3) is 0.364. The second-order valence-corrected chi connectivity index (χ2v) is 7.32. The number of esters is 1. The quantitative estimate of drug-likeness (QED) is 0.760. The molecule has 2 aromatic rings. The van der Waals surface area contributed by atoms with Crippen molar-refractivity contribution in [3.05, 3.63) is 64.8 Å². The number of carbonyl (C=O) groups is 2. The Kier molecular flexibility index (Phi) is 5.29. The minimum absolute atomic E-state index is 0.250. The molecule has 0 radical (unpaired) electrons. The molecule has 1 aromatic heterocycles. The molecule has 0 saturated carbocycles. The van der Waals surface area contributed by atoms with Gasteiger partial charge < -0.3 is 24.7 Å². The van der Waals surface area contributed by atoms with Crippen LogP contribution >= 0.6 is 0 Å². The number of anilines is 1. The van der Waals surface area contributed by atoms with Crippen LogP contribution in [0.5, 0.6) is 0 Å². The molecule has 2 amide bonds. The molecule has 4 rings (SSSR count). The van der Waals surface area contributed by atoms with E-state index in [1.165, 1.54) is 17.4 Å².